The maximum absolute atomic E-state index is 13.0. The van der Waals surface area contributed by atoms with Gasteiger partial charge in [0.05, 0.1) is 18.6 Å². The molecule has 0 spiro atoms. The van der Waals surface area contributed by atoms with E-state index < -0.39 is 17.2 Å². The predicted molar refractivity (Wildman–Crippen MR) is 64.0 cm³/mol. The van der Waals surface area contributed by atoms with Crippen molar-refractivity contribution in [1.29, 1.82) is 0 Å². The summed E-state index contributed by atoms with van der Waals surface area (Å²) in [5.74, 6) is -2.24. The minimum absolute atomic E-state index is 0.0488. The summed E-state index contributed by atoms with van der Waals surface area (Å²) in [6, 6.07) is 3.35. The molecule has 1 aromatic rings. The first-order valence-electron chi connectivity index (χ1n) is 5.76. The first kappa shape index (κ1) is 14.6. The number of carbonyl (C=O) groups excluding carboxylic acids is 1. The normalized spacial score (nSPS) is 14.1. The van der Waals surface area contributed by atoms with Gasteiger partial charge in [-0.25, -0.2) is 8.78 Å². The third-order valence-corrected chi connectivity index (χ3v) is 2.92. The molecule has 0 aromatic heterocycles. The van der Waals surface area contributed by atoms with Crippen molar-refractivity contribution in [2.75, 3.05) is 6.61 Å². The molecule has 0 radical (unpaired) electrons. The lowest BCUT2D eigenvalue weighted by Crippen LogP contribution is -2.48. The monoisotopic (exact) mass is 257 g/mol. The molecular weight excluding hydrogens is 240 g/mol. The van der Waals surface area contributed by atoms with Crippen molar-refractivity contribution in [2.45, 2.75) is 32.2 Å². The Bertz CT molecular complexity index is 431. The zero-order valence-corrected chi connectivity index (χ0v) is 10.5. The minimum Gasteiger partial charge on any atom is -0.394 e. The van der Waals surface area contributed by atoms with E-state index in [2.05, 4.69) is 5.32 Å². The van der Waals surface area contributed by atoms with Crippen LogP contribution in [0.3, 0.4) is 0 Å². The summed E-state index contributed by atoms with van der Waals surface area (Å²) in [6.45, 7) is 3.39. The van der Waals surface area contributed by atoms with Crippen molar-refractivity contribution in [2.24, 2.45) is 0 Å². The van der Waals surface area contributed by atoms with Crippen molar-refractivity contribution in [3.8, 4) is 0 Å². The van der Waals surface area contributed by atoms with E-state index in [0.717, 1.165) is 12.1 Å². The van der Waals surface area contributed by atoms with Gasteiger partial charge in [0.2, 0.25) is 5.91 Å². The highest BCUT2D eigenvalue weighted by molar-refractivity contribution is 5.79. The summed E-state index contributed by atoms with van der Waals surface area (Å²) in [7, 11) is 0. The summed E-state index contributed by atoms with van der Waals surface area (Å²) < 4.78 is 25.7. The predicted octanol–water partition coefficient (Wildman–Crippen LogP) is 1.78. The van der Waals surface area contributed by atoms with Crippen LogP contribution in [0.15, 0.2) is 18.2 Å². The Morgan fingerprint density at radius 3 is 2.56 bits per heavy atom. The van der Waals surface area contributed by atoms with Gasteiger partial charge in [0.1, 0.15) is 0 Å². The first-order valence-corrected chi connectivity index (χ1v) is 5.76. The molecule has 0 saturated heterocycles. The zero-order valence-electron chi connectivity index (χ0n) is 10.5. The molecule has 1 amide bonds. The second-order valence-corrected chi connectivity index (χ2v) is 4.55. The number of hydrogen-bond acceptors (Lipinski definition) is 2. The summed E-state index contributed by atoms with van der Waals surface area (Å²) >= 11 is 0. The lowest BCUT2D eigenvalue weighted by atomic mass is 9.99. The highest BCUT2D eigenvalue weighted by atomic mass is 19.2. The minimum atomic E-state index is -0.972. The van der Waals surface area contributed by atoms with Crippen LogP contribution in [0.25, 0.3) is 0 Å². The Labute approximate surface area is 105 Å². The quantitative estimate of drug-likeness (QED) is 0.844. The first-order chi connectivity index (χ1) is 8.40. The van der Waals surface area contributed by atoms with Crippen LogP contribution in [-0.2, 0) is 11.2 Å². The molecule has 1 rings (SSSR count). The van der Waals surface area contributed by atoms with Gasteiger partial charge >= 0.3 is 0 Å². The Hall–Kier alpha value is -1.49. The van der Waals surface area contributed by atoms with Crippen LogP contribution < -0.4 is 5.32 Å². The Balaban J connectivity index is 2.67. The number of nitrogens with one attached hydrogen (secondary N) is 1. The van der Waals surface area contributed by atoms with Crippen LogP contribution in [0, 0.1) is 11.6 Å². The largest absolute Gasteiger partial charge is 0.394 e. The van der Waals surface area contributed by atoms with Crippen molar-refractivity contribution < 1.29 is 18.7 Å². The second kappa shape index (κ2) is 5.91. The molecule has 0 bridgehead atoms. The van der Waals surface area contributed by atoms with E-state index in [9.17, 15) is 13.6 Å². The molecule has 5 heteroatoms. The van der Waals surface area contributed by atoms with E-state index in [1.807, 2.05) is 6.92 Å². The Morgan fingerprint density at radius 1 is 1.39 bits per heavy atom. The van der Waals surface area contributed by atoms with E-state index in [1.165, 1.54) is 6.07 Å². The molecule has 3 nitrogen and oxygen atoms in total. The summed E-state index contributed by atoms with van der Waals surface area (Å²) in [5.41, 5.74) is -0.293. The average molecular weight is 257 g/mol. The van der Waals surface area contributed by atoms with Gasteiger partial charge in [0.25, 0.3) is 0 Å². The van der Waals surface area contributed by atoms with Gasteiger partial charge in [0, 0.05) is 0 Å². The molecule has 0 heterocycles. The molecule has 1 atom stereocenters. The number of rotatable bonds is 5. The fraction of sp³-hybridized carbons (Fsp3) is 0.462. The molecule has 100 valence electrons. The number of benzene rings is 1. The number of hydrogen-bond donors (Lipinski definition) is 2. The van der Waals surface area contributed by atoms with Crippen LogP contribution in [0.5, 0.6) is 0 Å². The molecule has 0 aliphatic heterocycles. The van der Waals surface area contributed by atoms with Crippen LogP contribution in [0.2, 0.25) is 0 Å². The van der Waals surface area contributed by atoms with E-state index in [1.54, 1.807) is 6.92 Å². The second-order valence-electron chi connectivity index (χ2n) is 4.55. The van der Waals surface area contributed by atoms with E-state index >= 15 is 0 Å². The number of carbonyl (C=O) groups is 1. The highest BCUT2D eigenvalue weighted by Gasteiger charge is 2.23. The van der Waals surface area contributed by atoms with E-state index in [-0.39, 0.29) is 18.9 Å². The van der Waals surface area contributed by atoms with Gasteiger partial charge in [-0.1, -0.05) is 13.0 Å². The van der Waals surface area contributed by atoms with Crippen LogP contribution in [0.4, 0.5) is 8.78 Å². The highest BCUT2D eigenvalue weighted by Crippen LogP contribution is 2.11. The maximum Gasteiger partial charge on any atom is 0.224 e. The molecule has 0 aliphatic rings. The third kappa shape index (κ3) is 3.77. The lowest BCUT2D eigenvalue weighted by Gasteiger charge is -2.27. The summed E-state index contributed by atoms with van der Waals surface area (Å²) in [5, 5.41) is 11.8. The maximum atomic E-state index is 13.0. The molecule has 0 fully saturated rings. The number of aliphatic hydroxyl groups excluding tert-OH is 1. The van der Waals surface area contributed by atoms with Gasteiger partial charge in [-0.3, -0.25) is 4.79 Å². The fourth-order valence-corrected chi connectivity index (χ4v) is 1.46. The molecular formula is C13H17F2NO2. The molecule has 1 unspecified atom stereocenters. The van der Waals surface area contributed by atoms with Gasteiger partial charge in [0.15, 0.2) is 11.6 Å². The number of aliphatic hydroxyl groups is 1. The topological polar surface area (TPSA) is 49.3 Å². The van der Waals surface area contributed by atoms with Crippen LogP contribution in [0.1, 0.15) is 25.8 Å². The Kier molecular flexibility index (Phi) is 4.78. The van der Waals surface area contributed by atoms with Crippen LogP contribution >= 0.6 is 0 Å². The lowest BCUT2D eigenvalue weighted by molar-refractivity contribution is -0.122. The van der Waals surface area contributed by atoms with Crippen molar-refractivity contribution in [1.82, 2.24) is 5.32 Å². The Morgan fingerprint density at radius 2 is 2.06 bits per heavy atom. The van der Waals surface area contributed by atoms with Gasteiger partial charge in [-0.05, 0) is 31.0 Å². The molecule has 2 N–H and O–H groups in total. The SMILES string of the molecule is CCC(C)(CO)NC(=O)Cc1ccc(F)c(F)c1. The van der Waals surface area contributed by atoms with E-state index in [0.29, 0.717) is 12.0 Å². The number of halogens is 2. The van der Waals surface area contributed by atoms with Crippen molar-refractivity contribution in [3.63, 3.8) is 0 Å². The van der Waals surface area contributed by atoms with Gasteiger partial charge in [-0.15, -0.1) is 0 Å². The van der Waals surface area contributed by atoms with Crippen molar-refractivity contribution in [3.05, 3.63) is 35.4 Å². The molecule has 18 heavy (non-hydrogen) atoms. The van der Waals surface area contributed by atoms with Crippen molar-refractivity contribution >= 4 is 5.91 Å². The standard InChI is InChI=1S/C13H17F2NO2/c1-3-13(2,8-17)16-12(18)7-9-4-5-10(14)11(15)6-9/h4-6,17H,3,7-8H2,1-2H3,(H,16,18). The number of amides is 1. The average Bonchev–Trinajstić information content (AvgIpc) is 2.33. The van der Waals surface area contributed by atoms with Gasteiger partial charge < -0.3 is 10.4 Å². The van der Waals surface area contributed by atoms with Gasteiger partial charge in [-0.2, -0.15) is 0 Å². The smallest absolute Gasteiger partial charge is 0.224 e. The molecule has 0 saturated carbocycles. The third-order valence-electron chi connectivity index (χ3n) is 2.92. The van der Waals surface area contributed by atoms with Crippen LogP contribution in [-0.4, -0.2) is 23.2 Å². The summed E-state index contributed by atoms with van der Waals surface area (Å²) in [6.07, 6.45) is 0.528. The summed E-state index contributed by atoms with van der Waals surface area (Å²) in [4.78, 5) is 11.7. The fourth-order valence-electron chi connectivity index (χ4n) is 1.46. The molecule has 0 aliphatic carbocycles. The molecule has 1 aromatic carbocycles. The zero-order chi connectivity index (χ0) is 13.8. The van der Waals surface area contributed by atoms with E-state index in [4.69, 9.17) is 5.11 Å².